The third kappa shape index (κ3) is 3.71. The fourth-order valence-corrected chi connectivity index (χ4v) is 7.51. The monoisotopic (exact) mass is 640 g/mol. The molecule has 41 heavy (non-hydrogen) atoms. The number of phenolic OH excluding ortho intramolecular Hbond substituents is 3. The summed E-state index contributed by atoms with van der Waals surface area (Å²) in [7, 11) is 2.76. The summed E-state index contributed by atoms with van der Waals surface area (Å²) in [5, 5.41) is 43.9. The van der Waals surface area contributed by atoms with Crippen molar-refractivity contribution in [1.82, 2.24) is 0 Å². The van der Waals surface area contributed by atoms with Gasteiger partial charge in [-0.05, 0) is 41.5 Å². The van der Waals surface area contributed by atoms with Crippen LogP contribution in [0.3, 0.4) is 0 Å². The lowest BCUT2D eigenvalue weighted by molar-refractivity contribution is -0.0202. The Bertz CT molecular complexity index is 1710. The van der Waals surface area contributed by atoms with Crippen molar-refractivity contribution in [3.63, 3.8) is 0 Å². The van der Waals surface area contributed by atoms with E-state index < -0.39 is 50.6 Å². The molecule has 3 aromatic carbocycles. The fourth-order valence-electron chi connectivity index (χ4n) is 6.31. The second-order valence-corrected chi connectivity index (χ2v) is 12.2. The van der Waals surface area contributed by atoms with Crippen molar-refractivity contribution < 1.29 is 39.5 Å². The number of rotatable bonds is 3. The number of fused-ring (bicyclic) bond motifs is 3. The molecule has 0 fully saturated rings. The Balaban J connectivity index is 1.88. The number of carbonyl (C=O) groups is 2. The van der Waals surface area contributed by atoms with E-state index in [1.807, 2.05) is 0 Å². The van der Waals surface area contributed by atoms with E-state index in [2.05, 4.69) is 0 Å². The molecular weight excluding hydrogens is 618 g/mol. The van der Waals surface area contributed by atoms with Gasteiger partial charge in [-0.2, -0.15) is 0 Å². The van der Waals surface area contributed by atoms with Gasteiger partial charge >= 0.3 is 0 Å². The molecule has 0 unspecified atom stereocenters. The normalized spacial score (nSPS) is 20.8. The van der Waals surface area contributed by atoms with Gasteiger partial charge in [-0.15, -0.1) is 0 Å². The number of ketones is 2. The highest BCUT2D eigenvalue weighted by molar-refractivity contribution is 6.41. The van der Waals surface area contributed by atoms with Gasteiger partial charge in [0, 0.05) is 28.7 Å². The Morgan fingerprint density at radius 1 is 0.805 bits per heavy atom. The van der Waals surface area contributed by atoms with E-state index in [1.54, 1.807) is 20.8 Å². The maximum Gasteiger partial charge on any atom is 0.206 e. The van der Waals surface area contributed by atoms with E-state index in [-0.39, 0.29) is 66.6 Å². The molecule has 0 aromatic heterocycles. The highest BCUT2D eigenvalue weighted by atomic mass is 35.5. The molecule has 0 amide bonds. The van der Waals surface area contributed by atoms with E-state index >= 15 is 0 Å². The standard InChI is InChI=1S/C29H24Cl4O8/c1-9-16(12(34)8-14(41-5)20(9)30)10-6-13(40-4)21(31)11-7-15-28(2,3)19-18(24(35)23(33)25(36)22(19)32)27(38)29(15,39)26(37)17(10)11/h6,8,15,34-36,39H,7H2,1-5H3/t15-,29+/m0/s1. The minimum absolute atomic E-state index is 0.0316. The maximum absolute atomic E-state index is 14.5. The molecule has 0 saturated heterocycles. The lowest BCUT2D eigenvalue weighted by Crippen LogP contribution is -2.64. The predicted molar refractivity (Wildman–Crippen MR) is 155 cm³/mol. The summed E-state index contributed by atoms with van der Waals surface area (Å²) in [5.41, 5.74) is -3.70. The zero-order valence-electron chi connectivity index (χ0n) is 22.4. The number of halogens is 4. The molecule has 0 heterocycles. The van der Waals surface area contributed by atoms with Crippen molar-refractivity contribution >= 4 is 58.0 Å². The summed E-state index contributed by atoms with van der Waals surface area (Å²) in [5.74, 6) is -4.68. The number of Topliss-reactive ketones (excluding diaryl/α,β-unsaturated/α-hetero) is 2. The summed E-state index contributed by atoms with van der Waals surface area (Å²) in [6.45, 7) is 4.86. The molecule has 8 nitrogen and oxygen atoms in total. The summed E-state index contributed by atoms with van der Waals surface area (Å²) >= 11 is 25.8. The first kappa shape index (κ1) is 29.6. The lowest BCUT2D eigenvalue weighted by atomic mass is 9.52. The van der Waals surface area contributed by atoms with Crippen LogP contribution in [0, 0.1) is 12.8 Å². The van der Waals surface area contributed by atoms with Crippen molar-refractivity contribution in [2.45, 2.75) is 38.2 Å². The number of ether oxygens (including phenoxy) is 2. The molecule has 0 aliphatic heterocycles. The van der Waals surface area contributed by atoms with Crippen LogP contribution in [0.5, 0.6) is 28.7 Å². The van der Waals surface area contributed by atoms with Crippen molar-refractivity contribution in [3.8, 4) is 39.9 Å². The van der Waals surface area contributed by atoms with Crippen LogP contribution in [0.4, 0.5) is 0 Å². The Hall–Kier alpha value is -2.88. The maximum atomic E-state index is 14.5. The van der Waals surface area contributed by atoms with Gasteiger partial charge in [0.1, 0.15) is 28.0 Å². The zero-order valence-corrected chi connectivity index (χ0v) is 25.4. The van der Waals surface area contributed by atoms with Crippen molar-refractivity contribution in [2.75, 3.05) is 14.2 Å². The van der Waals surface area contributed by atoms with Crippen LogP contribution in [0.1, 0.15) is 51.3 Å². The van der Waals surface area contributed by atoms with Crippen molar-refractivity contribution in [3.05, 3.63) is 60.0 Å². The number of aromatic hydroxyl groups is 3. The number of carbonyl (C=O) groups excluding carboxylic acids is 2. The Labute approximate surface area is 254 Å². The van der Waals surface area contributed by atoms with Gasteiger partial charge in [0.15, 0.2) is 11.4 Å². The number of hydrogen-bond donors (Lipinski definition) is 4. The molecular formula is C29H24Cl4O8. The zero-order chi connectivity index (χ0) is 30.5. The van der Waals surface area contributed by atoms with Gasteiger partial charge in [0.05, 0.1) is 34.9 Å². The van der Waals surface area contributed by atoms with Crippen molar-refractivity contribution in [2.24, 2.45) is 5.92 Å². The predicted octanol–water partition coefficient (Wildman–Crippen LogP) is 6.67. The molecule has 0 bridgehead atoms. The summed E-state index contributed by atoms with van der Waals surface area (Å²) in [6, 6.07) is 2.70. The van der Waals surface area contributed by atoms with Gasteiger partial charge in [-0.1, -0.05) is 60.3 Å². The first-order valence-electron chi connectivity index (χ1n) is 12.3. The van der Waals surface area contributed by atoms with Crippen LogP contribution >= 0.6 is 46.4 Å². The molecule has 2 aliphatic rings. The minimum atomic E-state index is -2.71. The quantitative estimate of drug-likeness (QED) is 0.233. The molecule has 216 valence electrons. The first-order chi connectivity index (χ1) is 19.1. The van der Waals surface area contributed by atoms with E-state index in [4.69, 9.17) is 55.9 Å². The molecule has 0 saturated carbocycles. The van der Waals surface area contributed by atoms with Crippen LogP contribution in [-0.2, 0) is 11.8 Å². The molecule has 12 heteroatoms. The number of aliphatic hydroxyl groups is 1. The van der Waals surface area contributed by atoms with Crippen LogP contribution in [0.25, 0.3) is 11.1 Å². The largest absolute Gasteiger partial charge is 0.507 e. The van der Waals surface area contributed by atoms with Crippen LogP contribution in [0.15, 0.2) is 12.1 Å². The molecule has 2 aliphatic carbocycles. The molecule has 2 atom stereocenters. The molecule has 0 spiro atoms. The second kappa shape index (κ2) is 9.57. The highest BCUT2D eigenvalue weighted by Crippen LogP contribution is 2.60. The SMILES string of the molecule is COc1cc(O)c(-c2cc(OC)c(Cl)c3c2C(=O)[C@@]2(O)C(=O)c4c(O)c(Cl)c(O)c(Cl)c4C(C)(C)[C@@H]2C3)c(C)c1Cl. The van der Waals surface area contributed by atoms with E-state index in [0.29, 0.717) is 5.56 Å². The average Bonchev–Trinajstić information content (AvgIpc) is 2.92. The fraction of sp³-hybridized carbons (Fsp3) is 0.310. The minimum Gasteiger partial charge on any atom is -0.507 e. The molecule has 5 rings (SSSR count). The summed E-state index contributed by atoms with van der Waals surface area (Å²) in [6.07, 6.45) is -0.122. The van der Waals surface area contributed by atoms with Crippen molar-refractivity contribution in [1.29, 1.82) is 0 Å². The van der Waals surface area contributed by atoms with E-state index in [1.165, 1.54) is 26.4 Å². The topological polar surface area (TPSA) is 134 Å². The van der Waals surface area contributed by atoms with Gasteiger partial charge in [-0.3, -0.25) is 9.59 Å². The van der Waals surface area contributed by atoms with E-state index in [0.717, 1.165) is 0 Å². The third-order valence-electron chi connectivity index (χ3n) is 8.39. The van der Waals surface area contributed by atoms with Gasteiger partial charge in [0.2, 0.25) is 11.6 Å². The Kier molecular flexibility index (Phi) is 6.91. The third-order valence-corrected chi connectivity index (χ3v) is 10.00. The summed E-state index contributed by atoms with van der Waals surface area (Å²) < 4.78 is 10.7. The van der Waals surface area contributed by atoms with Crippen LogP contribution < -0.4 is 9.47 Å². The number of methoxy groups -OCH3 is 2. The lowest BCUT2D eigenvalue weighted by Gasteiger charge is -2.51. The first-order valence-corrected chi connectivity index (χ1v) is 13.8. The van der Waals surface area contributed by atoms with Crippen LogP contribution in [-0.4, -0.2) is 51.8 Å². The van der Waals surface area contributed by atoms with Gasteiger partial charge < -0.3 is 29.9 Å². The number of phenols is 3. The Morgan fingerprint density at radius 3 is 1.95 bits per heavy atom. The Morgan fingerprint density at radius 2 is 1.37 bits per heavy atom. The van der Waals surface area contributed by atoms with E-state index in [9.17, 15) is 30.0 Å². The van der Waals surface area contributed by atoms with Crippen LogP contribution in [0.2, 0.25) is 20.1 Å². The number of benzene rings is 3. The summed E-state index contributed by atoms with van der Waals surface area (Å²) in [4.78, 5) is 28.6. The smallest absolute Gasteiger partial charge is 0.206 e. The van der Waals surface area contributed by atoms with Gasteiger partial charge in [0.25, 0.3) is 0 Å². The van der Waals surface area contributed by atoms with Gasteiger partial charge in [-0.25, -0.2) is 0 Å². The second-order valence-electron chi connectivity index (χ2n) is 10.7. The number of hydrogen-bond acceptors (Lipinski definition) is 8. The molecule has 3 aromatic rings. The molecule has 4 N–H and O–H groups in total. The average molecular weight is 642 g/mol. The highest BCUT2D eigenvalue weighted by Gasteiger charge is 2.65. The molecule has 0 radical (unpaired) electrons.